The Balaban J connectivity index is 1.72. The fourth-order valence-corrected chi connectivity index (χ4v) is 5.24. The van der Waals surface area contributed by atoms with Gasteiger partial charge < -0.3 is 33.2 Å². The molecule has 0 saturated heterocycles. The van der Waals surface area contributed by atoms with Crippen LogP contribution >= 0.6 is 0 Å². The van der Waals surface area contributed by atoms with Crippen LogP contribution < -0.4 is 4.74 Å². The highest BCUT2D eigenvalue weighted by molar-refractivity contribution is 5.26. The summed E-state index contributed by atoms with van der Waals surface area (Å²) >= 11 is 0. The van der Waals surface area contributed by atoms with E-state index < -0.39 is 36.6 Å². The van der Waals surface area contributed by atoms with Gasteiger partial charge in [-0.2, -0.15) is 0 Å². The van der Waals surface area contributed by atoms with Gasteiger partial charge in [-0.3, -0.25) is 0 Å². The lowest BCUT2D eigenvalue weighted by molar-refractivity contribution is -0.283. The van der Waals surface area contributed by atoms with E-state index in [1.807, 2.05) is 84.9 Å². The van der Waals surface area contributed by atoms with Crippen LogP contribution in [0.2, 0.25) is 0 Å². The maximum atomic E-state index is 6.69. The van der Waals surface area contributed by atoms with Crippen LogP contribution in [0.5, 0.6) is 5.75 Å². The highest BCUT2D eigenvalue weighted by atomic mass is 16.6. The third-order valence-corrected chi connectivity index (χ3v) is 7.33. The number of methoxy groups -OCH3 is 1. The smallest absolute Gasteiger partial charge is 0.118 e. The summed E-state index contributed by atoms with van der Waals surface area (Å²) in [4.78, 5) is 0. The third kappa shape index (κ3) is 9.47. The number of hydrogen-bond donors (Lipinski definition) is 0. The van der Waals surface area contributed by atoms with Crippen molar-refractivity contribution in [2.75, 3.05) is 26.9 Å². The molecule has 1 fully saturated rings. The van der Waals surface area contributed by atoms with Crippen LogP contribution in [0.15, 0.2) is 123 Å². The molecule has 0 N–H and O–H groups in total. The molecular formula is C37H44O7. The molecule has 0 amide bonds. The highest BCUT2D eigenvalue weighted by Crippen LogP contribution is 2.35. The van der Waals surface area contributed by atoms with Crippen molar-refractivity contribution < 1.29 is 33.2 Å². The lowest BCUT2D eigenvalue weighted by Crippen LogP contribution is -2.67. The molecule has 3 aromatic rings. The van der Waals surface area contributed by atoms with Crippen molar-refractivity contribution in [1.82, 2.24) is 0 Å². The average Bonchev–Trinajstić information content (AvgIpc) is 3.07. The largest absolute Gasteiger partial charge is 0.497 e. The lowest BCUT2D eigenvalue weighted by Gasteiger charge is -2.49. The first-order chi connectivity index (χ1) is 21.7. The topological polar surface area (TPSA) is 64.6 Å². The molecule has 4 rings (SSSR count). The van der Waals surface area contributed by atoms with Crippen molar-refractivity contribution in [2.24, 2.45) is 0 Å². The van der Waals surface area contributed by atoms with Crippen molar-refractivity contribution in [3.63, 3.8) is 0 Å². The van der Waals surface area contributed by atoms with Crippen LogP contribution in [0.25, 0.3) is 0 Å². The molecule has 44 heavy (non-hydrogen) atoms. The van der Waals surface area contributed by atoms with Gasteiger partial charge in [-0.05, 0) is 28.8 Å². The van der Waals surface area contributed by atoms with Crippen molar-refractivity contribution in [3.8, 4) is 5.75 Å². The molecule has 0 spiro atoms. The van der Waals surface area contributed by atoms with Gasteiger partial charge >= 0.3 is 0 Å². The van der Waals surface area contributed by atoms with Gasteiger partial charge in [-0.25, -0.2) is 0 Å². The molecule has 6 atom stereocenters. The van der Waals surface area contributed by atoms with Crippen LogP contribution in [0.4, 0.5) is 0 Å². The minimum absolute atomic E-state index is 0.288. The zero-order valence-corrected chi connectivity index (χ0v) is 25.5. The molecule has 1 aliphatic rings. The van der Waals surface area contributed by atoms with E-state index in [1.165, 1.54) is 0 Å². The summed E-state index contributed by atoms with van der Waals surface area (Å²) in [7, 11) is 1.64. The molecule has 7 heteroatoms. The van der Waals surface area contributed by atoms with Gasteiger partial charge in [0.05, 0.1) is 46.8 Å². The highest BCUT2D eigenvalue weighted by Gasteiger charge is 2.54. The summed E-state index contributed by atoms with van der Waals surface area (Å²) < 4.78 is 44.7. The maximum Gasteiger partial charge on any atom is 0.118 e. The Kier molecular flexibility index (Phi) is 13.9. The van der Waals surface area contributed by atoms with Crippen molar-refractivity contribution in [3.05, 3.63) is 140 Å². The minimum Gasteiger partial charge on any atom is -0.497 e. The predicted octanol–water partition coefficient (Wildman–Crippen LogP) is 6.48. The molecule has 0 aliphatic heterocycles. The molecular weight excluding hydrogens is 556 g/mol. The summed E-state index contributed by atoms with van der Waals surface area (Å²) in [6, 6.07) is 27.8. The fraction of sp³-hybridized carbons (Fsp3) is 0.351. The normalized spacial score (nSPS) is 23.1. The van der Waals surface area contributed by atoms with E-state index in [4.69, 9.17) is 33.2 Å². The van der Waals surface area contributed by atoms with Gasteiger partial charge in [0.25, 0.3) is 0 Å². The van der Waals surface area contributed by atoms with E-state index in [9.17, 15) is 0 Å². The molecule has 0 heterocycles. The molecule has 0 radical (unpaired) electrons. The van der Waals surface area contributed by atoms with Gasteiger partial charge in [-0.1, -0.05) is 91.0 Å². The van der Waals surface area contributed by atoms with Crippen molar-refractivity contribution in [1.29, 1.82) is 0 Å². The van der Waals surface area contributed by atoms with Crippen molar-refractivity contribution in [2.45, 2.75) is 56.4 Å². The summed E-state index contributed by atoms with van der Waals surface area (Å²) in [5, 5.41) is 0. The number of hydrogen-bond acceptors (Lipinski definition) is 7. The summed E-state index contributed by atoms with van der Waals surface area (Å²) in [6.07, 6.45) is 1.71. The van der Waals surface area contributed by atoms with E-state index in [2.05, 4.69) is 19.7 Å². The number of ether oxygens (including phenoxy) is 7. The Labute approximate surface area is 261 Å². The van der Waals surface area contributed by atoms with E-state index in [0.717, 1.165) is 22.4 Å². The quantitative estimate of drug-likeness (QED) is 0.146. The average molecular weight is 601 g/mol. The zero-order chi connectivity index (χ0) is 31.0. The third-order valence-electron chi connectivity index (χ3n) is 7.33. The zero-order valence-electron chi connectivity index (χ0n) is 25.5. The van der Waals surface area contributed by atoms with Crippen LogP contribution in [-0.4, -0.2) is 63.6 Å². The predicted molar refractivity (Wildman–Crippen MR) is 171 cm³/mol. The van der Waals surface area contributed by atoms with Crippen molar-refractivity contribution >= 4 is 0 Å². The molecule has 234 valence electrons. The van der Waals surface area contributed by atoms with Gasteiger partial charge in [0, 0.05) is 0 Å². The van der Waals surface area contributed by atoms with Gasteiger partial charge in [0.15, 0.2) is 0 Å². The Morgan fingerprint density at radius 1 is 0.455 bits per heavy atom. The summed E-state index contributed by atoms with van der Waals surface area (Å²) in [5.41, 5.74) is 3.03. The van der Waals surface area contributed by atoms with E-state index >= 15 is 0 Å². The number of rotatable bonds is 19. The SMILES string of the molecule is C=CCO[C@H]1[C@H](OCC=C)[C@@H](OCc2ccccc2)[C@@H](OCc2ccccc2)[C@@H](OCC=C)[C@@H]1OCc1ccc(OC)cc1. The van der Waals surface area contributed by atoms with Crippen LogP contribution in [0.3, 0.4) is 0 Å². The lowest BCUT2D eigenvalue weighted by atomic mass is 9.83. The molecule has 1 aliphatic carbocycles. The van der Waals surface area contributed by atoms with E-state index in [1.54, 1.807) is 25.3 Å². The van der Waals surface area contributed by atoms with Gasteiger partial charge in [0.2, 0.25) is 0 Å². The number of benzene rings is 3. The monoisotopic (exact) mass is 600 g/mol. The minimum atomic E-state index is -0.579. The fourth-order valence-electron chi connectivity index (χ4n) is 5.24. The first-order valence-corrected chi connectivity index (χ1v) is 14.9. The molecule has 3 aromatic carbocycles. The standard InChI is InChI=1S/C37H44O7/c1-5-22-39-32-33(40-23-6-2)36(42-25-28-14-10-8-11-15-28)37(43-26-29-16-12-9-13-17-29)34(41-24-7-3)35(32)44-27-30-18-20-31(38-4)21-19-30/h5-21,32-37H,1-3,22-27H2,4H3/t32-,33-,34-,35+,36+,37-/m0/s1. The first kappa shape index (κ1) is 33.3. The Morgan fingerprint density at radius 3 is 1.09 bits per heavy atom. The summed E-state index contributed by atoms with van der Waals surface area (Å²) in [6.45, 7) is 13.5. The van der Waals surface area contributed by atoms with Gasteiger partial charge in [0.1, 0.15) is 42.4 Å². The van der Waals surface area contributed by atoms with Crippen LogP contribution in [-0.2, 0) is 48.2 Å². The first-order valence-electron chi connectivity index (χ1n) is 14.9. The second kappa shape index (κ2) is 18.3. The second-order valence-corrected chi connectivity index (χ2v) is 10.4. The van der Waals surface area contributed by atoms with E-state index in [-0.39, 0.29) is 13.2 Å². The summed E-state index contributed by atoms with van der Waals surface area (Å²) in [5.74, 6) is 0.775. The molecule has 1 saturated carbocycles. The molecule has 0 bridgehead atoms. The Morgan fingerprint density at radius 2 is 0.773 bits per heavy atom. The Bertz CT molecular complexity index is 1250. The molecule has 7 nitrogen and oxygen atoms in total. The van der Waals surface area contributed by atoms with Crippen LogP contribution in [0.1, 0.15) is 16.7 Å². The van der Waals surface area contributed by atoms with Gasteiger partial charge in [-0.15, -0.1) is 19.7 Å². The van der Waals surface area contributed by atoms with E-state index in [0.29, 0.717) is 26.4 Å². The Hall–Kier alpha value is -3.56. The second-order valence-electron chi connectivity index (χ2n) is 10.4. The molecule has 0 unspecified atom stereocenters. The molecule has 0 aromatic heterocycles. The maximum absolute atomic E-state index is 6.69. The van der Waals surface area contributed by atoms with Crippen LogP contribution in [0, 0.1) is 0 Å².